The first-order valence-corrected chi connectivity index (χ1v) is 15.3. The lowest BCUT2D eigenvalue weighted by Gasteiger charge is -2.72. The van der Waals surface area contributed by atoms with Gasteiger partial charge in [0.15, 0.2) is 0 Å². The lowest BCUT2D eigenvalue weighted by atomic mass is 9.33. The zero-order valence-corrected chi connectivity index (χ0v) is 24.1. The summed E-state index contributed by atoms with van der Waals surface area (Å²) in [5.74, 6) is 5.71. The highest BCUT2D eigenvalue weighted by Gasteiger charge is 2.66. The van der Waals surface area contributed by atoms with Crippen molar-refractivity contribution in [1.82, 2.24) is 0 Å². The maximum Gasteiger partial charge on any atom is 0.0351 e. The van der Waals surface area contributed by atoms with E-state index >= 15 is 0 Å². The summed E-state index contributed by atoms with van der Waals surface area (Å²) in [5, 5.41) is 0. The van der Waals surface area contributed by atoms with E-state index in [2.05, 4.69) is 30.7 Å². The van der Waals surface area contributed by atoms with Gasteiger partial charge in [0.1, 0.15) is 0 Å². The molecule has 8 saturated carbocycles. The van der Waals surface area contributed by atoms with E-state index in [0.717, 1.165) is 45.8 Å². The van der Waals surface area contributed by atoms with Crippen LogP contribution in [0.1, 0.15) is 89.5 Å². The van der Waals surface area contributed by atoms with Crippen LogP contribution < -0.4 is 0 Å². The summed E-state index contributed by atoms with van der Waals surface area (Å²) >= 11 is 0. The molecule has 1 nitrogen and oxygen atoms in total. The van der Waals surface area contributed by atoms with Crippen molar-refractivity contribution in [2.24, 2.45) is 45.8 Å². The summed E-state index contributed by atoms with van der Waals surface area (Å²) in [4.78, 5) is 0. The maximum absolute atomic E-state index is 4.25. The average Bonchev–Trinajstić information content (AvgIpc) is 2.85. The van der Waals surface area contributed by atoms with Crippen LogP contribution in [0.2, 0.25) is 0 Å². The Hall–Kier alpha value is -1.60. The standard InChI is InChI=1S/C21H32.C7H8.C6H6.C2H6O/c1-19-6-17-5-18(7-19)12-21(11-17,13-19)20-8-14-2-15(9-20)4-16(3-14)10-20;1-7-5-3-2-4-6-7;1-2-4-6-5-3-1;1-3-2/h14-18H,2-13H2,1H3;2-6H,1H3;1-6H;1-2H3. The van der Waals surface area contributed by atoms with Crippen molar-refractivity contribution < 1.29 is 4.74 Å². The summed E-state index contributed by atoms with van der Waals surface area (Å²) in [5.41, 5.74) is 3.73. The average molecular weight is 501 g/mol. The Morgan fingerprint density at radius 1 is 0.541 bits per heavy atom. The second-order valence-electron chi connectivity index (χ2n) is 14.5. The first-order valence-electron chi connectivity index (χ1n) is 15.3. The summed E-state index contributed by atoms with van der Waals surface area (Å²) in [6.45, 7) is 4.76. The number of methoxy groups -OCH3 is 1. The van der Waals surface area contributed by atoms with Crippen molar-refractivity contribution in [1.29, 1.82) is 0 Å². The third kappa shape index (κ3) is 5.88. The molecule has 8 bridgehead atoms. The monoisotopic (exact) mass is 500 g/mol. The molecular formula is C36H52O. The number of aryl methyl sites for hydroxylation is 1. The van der Waals surface area contributed by atoms with Crippen LogP contribution in [0.15, 0.2) is 66.7 Å². The number of hydrogen-bond acceptors (Lipinski definition) is 1. The number of ether oxygens (including phenoxy) is 1. The van der Waals surface area contributed by atoms with Gasteiger partial charge in [-0.05, 0) is 130 Å². The summed E-state index contributed by atoms with van der Waals surface area (Å²) in [6, 6.07) is 22.3. The molecule has 1 heteroatoms. The van der Waals surface area contributed by atoms with E-state index in [1.54, 1.807) is 91.3 Å². The molecule has 0 amide bonds. The van der Waals surface area contributed by atoms with E-state index in [1.165, 1.54) is 5.56 Å². The van der Waals surface area contributed by atoms with Gasteiger partial charge < -0.3 is 4.74 Å². The molecule has 2 aromatic rings. The number of rotatable bonds is 1. The molecule has 0 heterocycles. The van der Waals surface area contributed by atoms with Crippen LogP contribution in [-0.4, -0.2) is 14.2 Å². The summed E-state index contributed by atoms with van der Waals surface area (Å²) in [7, 11) is 3.25. The zero-order valence-electron chi connectivity index (χ0n) is 24.1. The molecule has 10 rings (SSSR count). The summed E-state index contributed by atoms with van der Waals surface area (Å²) in [6.07, 6.45) is 19.6. The maximum atomic E-state index is 4.25. The minimum absolute atomic E-state index is 0.757. The largest absolute Gasteiger partial charge is 0.388 e. The molecule has 8 aliphatic rings. The Kier molecular flexibility index (Phi) is 8.21. The van der Waals surface area contributed by atoms with Gasteiger partial charge in [-0.1, -0.05) is 79.2 Å². The Labute approximate surface area is 227 Å². The number of benzene rings is 2. The SMILES string of the molecule is CC12CC3CC(C1)CC(C14CC5CC(CC(C5)C1)C4)(C3)C2.COC.Cc1ccccc1.c1ccccc1. The van der Waals surface area contributed by atoms with Crippen molar-refractivity contribution in [3.63, 3.8) is 0 Å². The van der Waals surface area contributed by atoms with Crippen molar-refractivity contribution in [3.8, 4) is 0 Å². The van der Waals surface area contributed by atoms with E-state index in [9.17, 15) is 0 Å². The predicted molar refractivity (Wildman–Crippen MR) is 156 cm³/mol. The molecule has 0 radical (unpaired) electrons. The topological polar surface area (TPSA) is 9.23 Å². The molecule has 8 fully saturated rings. The van der Waals surface area contributed by atoms with Gasteiger partial charge in [-0.25, -0.2) is 0 Å². The van der Waals surface area contributed by atoms with Gasteiger partial charge in [0.2, 0.25) is 0 Å². The van der Waals surface area contributed by atoms with Crippen molar-refractivity contribution >= 4 is 0 Å². The summed E-state index contributed by atoms with van der Waals surface area (Å²) < 4.78 is 4.25. The normalized spacial score (nSPS) is 41.5. The molecule has 0 N–H and O–H groups in total. The van der Waals surface area contributed by atoms with Crippen LogP contribution in [0.25, 0.3) is 0 Å². The van der Waals surface area contributed by atoms with Crippen LogP contribution in [0.4, 0.5) is 0 Å². The van der Waals surface area contributed by atoms with Gasteiger partial charge in [-0.15, -0.1) is 0 Å². The first kappa shape index (κ1) is 27.0. The Morgan fingerprint density at radius 3 is 1.24 bits per heavy atom. The smallest absolute Gasteiger partial charge is 0.0351 e. The highest BCUT2D eigenvalue weighted by molar-refractivity contribution is 5.16. The van der Waals surface area contributed by atoms with Crippen LogP contribution in [0.5, 0.6) is 0 Å². The fraction of sp³-hybridized carbons (Fsp3) is 0.667. The van der Waals surface area contributed by atoms with E-state index < -0.39 is 0 Å². The highest BCUT2D eigenvalue weighted by atomic mass is 16.4. The van der Waals surface area contributed by atoms with Crippen molar-refractivity contribution in [3.05, 3.63) is 72.3 Å². The predicted octanol–water partition coefficient (Wildman–Crippen LogP) is 9.75. The van der Waals surface area contributed by atoms with E-state index in [0.29, 0.717) is 0 Å². The molecule has 0 aromatic heterocycles. The first-order chi connectivity index (χ1) is 17.9. The molecule has 2 aromatic carbocycles. The molecule has 37 heavy (non-hydrogen) atoms. The fourth-order valence-electron chi connectivity index (χ4n) is 11.0. The molecule has 0 spiro atoms. The lowest BCUT2D eigenvalue weighted by Crippen LogP contribution is -2.62. The highest BCUT2D eigenvalue weighted by Crippen LogP contribution is 2.76. The van der Waals surface area contributed by atoms with E-state index in [1.807, 2.05) is 54.6 Å². The van der Waals surface area contributed by atoms with Crippen LogP contribution >= 0.6 is 0 Å². The molecule has 202 valence electrons. The van der Waals surface area contributed by atoms with Gasteiger partial charge in [-0.3, -0.25) is 0 Å². The van der Waals surface area contributed by atoms with E-state index in [4.69, 9.17) is 0 Å². The zero-order chi connectivity index (χ0) is 25.9. The quantitative estimate of drug-likeness (QED) is 0.378. The van der Waals surface area contributed by atoms with Gasteiger partial charge >= 0.3 is 0 Å². The van der Waals surface area contributed by atoms with Crippen LogP contribution in [0, 0.1) is 52.8 Å². The van der Waals surface area contributed by atoms with Crippen LogP contribution in [0.3, 0.4) is 0 Å². The van der Waals surface area contributed by atoms with Gasteiger partial charge in [0, 0.05) is 14.2 Å². The number of hydrogen-bond donors (Lipinski definition) is 0. The molecule has 0 aliphatic heterocycles. The van der Waals surface area contributed by atoms with Crippen molar-refractivity contribution in [2.75, 3.05) is 14.2 Å². The Morgan fingerprint density at radius 2 is 0.892 bits per heavy atom. The van der Waals surface area contributed by atoms with Crippen LogP contribution in [-0.2, 0) is 4.74 Å². The molecule has 2 unspecified atom stereocenters. The minimum Gasteiger partial charge on any atom is -0.388 e. The van der Waals surface area contributed by atoms with Crippen molar-refractivity contribution in [2.45, 2.75) is 90.9 Å². The Bertz CT molecular complexity index is 887. The molecule has 8 aliphatic carbocycles. The lowest BCUT2D eigenvalue weighted by molar-refractivity contribution is -0.217. The molecular weight excluding hydrogens is 448 g/mol. The van der Waals surface area contributed by atoms with Gasteiger partial charge in [0.25, 0.3) is 0 Å². The van der Waals surface area contributed by atoms with Gasteiger partial charge in [0.05, 0.1) is 0 Å². The Balaban J connectivity index is 0.000000144. The second-order valence-corrected chi connectivity index (χ2v) is 14.5. The second kappa shape index (κ2) is 11.3. The molecule has 2 atom stereocenters. The fourth-order valence-corrected chi connectivity index (χ4v) is 11.0. The molecule has 0 saturated heterocycles. The van der Waals surface area contributed by atoms with E-state index in [-0.39, 0.29) is 0 Å². The third-order valence-electron chi connectivity index (χ3n) is 11.1. The third-order valence-corrected chi connectivity index (χ3v) is 11.1. The minimum atomic E-state index is 0.757. The van der Waals surface area contributed by atoms with Gasteiger partial charge in [-0.2, -0.15) is 0 Å².